The van der Waals surface area contributed by atoms with Crippen molar-refractivity contribution in [1.29, 1.82) is 0 Å². The summed E-state index contributed by atoms with van der Waals surface area (Å²) in [4.78, 5) is 21.2. The van der Waals surface area contributed by atoms with Crippen molar-refractivity contribution in [2.24, 2.45) is 0 Å². The molecule has 4 rings (SSSR count). The Bertz CT molecular complexity index is 1190. The number of thiophene rings is 1. The SMILES string of the molecule is CN(CCNC(=O)O)CCNc1nc(Cc2ccsc2)cc2[nH]c3cc(Br)ccc3c12. The number of benzene rings is 1. The van der Waals surface area contributed by atoms with E-state index in [1.807, 2.05) is 13.1 Å². The Hall–Kier alpha value is -2.62. The number of aromatic nitrogens is 2. The fraction of sp³-hybridized carbons (Fsp3) is 0.273. The molecule has 0 spiro atoms. The molecule has 0 saturated heterocycles. The molecule has 3 heterocycles. The van der Waals surface area contributed by atoms with Crippen LogP contribution in [0.25, 0.3) is 21.8 Å². The van der Waals surface area contributed by atoms with Gasteiger partial charge < -0.3 is 25.6 Å². The smallest absolute Gasteiger partial charge is 0.404 e. The minimum atomic E-state index is -0.994. The van der Waals surface area contributed by atoms with Crippen LogP contribution in [0.5, 0.6) is 0 Å². The summed E-state index contributed by atoms with van der Waals surface area (Å²) in [6.07, 6.45) is -0.208. The number of amides is 1. The first-order chi connectivity index (χ1) is 15.0. The number of nitrogens with one attached hydrogen (secondary N) is 3. The van der Waals surface area contributed by atoms with E-state index in [0.29, 0.717) is 19.6 Å². The number of pyridine rings is 1. The molecule has 0 radical (unpaired) electrons. The number of hydrogen-bond donors (Lipinski definition) is 4. The Morgan fingerprint density at radius 2 is 2.06 bits per heavy atom. The fourth-order valence-corrected chi connectivity index (χ4v) is 4.63. The summed E-state index contributed by atoms with van der Waals surface area (Å²) in [6.45, 7) is 2.53. The molecule has 0 aliphatic carbocycles. The zero-order valence-corrected chi connectivity index (χ0v) is 19.5. The number of likely N-dealkylation sites (N-methyl/N-ethyl adjacent to an activating group) is 1. The highest BCUT2D eigenvalue weighted by Crippen LogP contribution is 2.33. The molecule has 0 aliphatic rings. The van der Waals surface area contributed by atoms with Crippen LogP contribution >= 0.6 is 27.3 Å². The van der Waals surface area contributed by atoms with Crippen molar-refractivity contribution >= 4 is 61.0 Å². The summed E-state index contributed by atoms with van der Waals surface area (Å²) in [5, 5.41) is 21.1. The molecule has 31 heavy (non-hydrogen) atoms. The number of carbonyl (C=O) groups is 1. The number of aromatic amines is 1. The van der Waals surface area contributed by atoms with E-state index in [9.17, 15) is 4.79 Å². The lowest BCUT2D eigenvalue weighted by molar-refractivity contribution is 0.192. The molecule has 0 aliphatic heterocycles. The van der Waals surface area contributed by atoms with Crippen LogP contribution in [0.4, 0.5) is 10.6 Å². The van der Waals surface area contributed by atoms with Gasteiger partial charge in [-0.25, -0.2) is 9.78 Å². The van der Waals surface area contributed by atoms with Crippen LogP contribution in [0, 0.1) is 0 Å². The number of carboxylic acid groups (broad SMARTS) is 1. The van der Waals surface area contributed by atoms with Crippen molar-refractivity contribution in [3.8, 4) is 0 Å². The van der Waals surface area contributed by atoms with E-state index in [2.05, 4.69) is 71.5 Å². The van der Waals surface area contributed by atoms with Crippen LogP contribution in [-0.4, -0.2) is 59.3 Å². The molecule has 0 bridgehead atoms. The molecule has 1 amide bonds. The maximum absolute atomic E-state index is 10.6. The van der Waals surface area contributed by atoms with Crippen molar-refractivity contribution in [2.45, 2.75) is 6.42 Å². The second-order valence-electron chi connectivity index (χ2n) is 7.47. The average molecular weight is 502 g/mol. The lowest BCUT2D eigenvalue weighted by atomic mass is 10.1. The Kier molecular flexibility index (Phi) is 6.74. The quantitative estimate of drug-likeness (QED) is 0.265. The molecule has 7 nitrogen and oxygen atoms in total. The predicted molar refractivity (Wildman–Crippen MR) is 130 cm³/mol. The second kappa shape index (κ2) is 9.67. The molecule has 0 atom stereocenters. The van der Waals surface area contributed by atoms with Gasteiger partial charge >= 0.3 is 6.09 Å². The third kappa shape index (κ3) is 5.36. The summed E-state index contributed by atoms with van der Waals surface area (Å²) in [5.74, 6) is 0.869. The molecule has 4 aromatic rings. The van der Waals surface area contributed by atoms with Crippen LogP contribution < -0.4 is 10.6 Å². The van der Waals surface area contributed by atoms with Gasteiger partial charge in [0.2, 0.25) is 0 Å². The topological polar surface area (TPSA) is 93.3 Å². The van der Waals surface area contributed by atoms with Crippen molar-refractivity contribution in [2.75, 3.05) is 38.5 Å². The van der Waals surface area contributed by atoms with Crippen molar-refractivity contribution in [3.63, 3.8) is 0 Å². The van der Waals surface area contributed by atoms with Crippen molar-refractivity contribution in [3.05, 3.63) is 56.8 Å². The van der Waals surface area contributed by atoms with E-state index in [4.69, 9.17) is 10.1 Å². The van der Waals surface area contributed by atoms with Gasteiger partial charge in [-0.2, -0.15) is 11.3 Å². The van der Waals surface area contributed by atoms with Crippen molar-refractivity contribution in [1.82, 2.24) is 20.2 Å². The number of anilines is 1. The Labute approximate surface area is 192 Å². The number of rotatable bonds is 9. The summed E-state index contributed by atoms with van der Waals surface area (Å²) >= 11 is 5.25. The van der Waals surface area contributed by atoms with Gasteiger partial charge in [0.25, 0.3) is 0 Å². The highest BCUT2D eigenvalue weighted by atomic mass is 79.9. The first-order valence-electron chi connectivity index (χ1n) is 10.0. The number of fused-ring (bicyclic) bond motifs is 3. The highest BCUT2D eigenvalue weighted by molar-refractivity contribution is 9.10. The van der Waals surface area contributed by atoms with Gasteiger partial charge in [-0.05, 0) is 47.6 Å². The summed E-state index contributed by atoms with van der Waals surface area (Å²) in [5.41, 5.74) is 4.40. The molecule has 0 unspecified atom stereocenters. The maximum Gasteiger partial charge on any atom is 0.404 e. The van der Waals surface area contributed by atoms with E-state index < -0.39 is 6.09 Å². The van der Waals surface area contributed by atoms with Gasteiger partial charge in [-0.3, -0.25) is 0 Å². The third-order valence-corrected chi connectivity index (χ3v) is 6.34. The Morgan fingerprint density at radius 1 is 1.23 bits per heavy atom. The van der Waals surface area contributed by atoms with Gasteiger partial charge in [0.05, 0.1) is 5.52 Å². The van der Waals surface area contributed by atoms with E-state index in [0.717, 1.165) is 50.8 Å². The Balaban J connectivity index is 1.57. The molecule has 1 aromatic carbocycles. The first-order valence-corrected chi connectivity index (χ1v) is 11.7. The number of hydrogen-bond acceptors (Lipinski definition) is 5. The van der Waals surface area contributed by atoms with E-state index in [1.165, 1.54) is 5.56 Å². The Morgan fingerprint density at radius 3 is 2.84 bits per heavy atom. The van der Waals surface area contributed by atoms with Gasteiger partial charge in [-0.15, -0.1) is 0 Å². The van der Waals surface area contributed by atoms with E-state index in [-0.39, 0.29) is 0 Å². The molecule has 0 saturated carbocycles. The average Bonchev–Trinajstić information content (AvgIpc) is 3.34. The van der Waals surface area contributed by atoms with Crippen LogP contribution in [0.3, 0.4) is 0 Å². The van der Waals surface area contributed by atoms with Crippen LogP contribution in [0.1, 0.15) is 11.3 Å². The molecule has 0 fully saturated rings. The number of halogens is 1. The van der Waals surface area contributed by atoms with Crippen LogP contribution in [0.15, 0.2) is 45.6 Å². The molecular formula is C22H24BrN5O2S. The van der Waals surface area contributed by atoms with E-state index >= 15 is 0 Å². The zero-order chi connectivity index (χ0) is 21.8. The minimum absolute atomic E-state index is 0.405. The normalized spacial score (nSPS) is 11.5. The summed E-state index contributed by atoms with van der Waals surface area (Å²) < 4.78 is 1.03. The van der Waals surface area contributed by atoms with Crippen molar-refractivity contribution < 1.29 is 9.90 Å². The van der Waals surface area contributed by atoms with Gasteiger partial charge in [0.1, 0.15) is 5.82 Å². The van der Waals surface area contributed by atoms with Gasteiger partial charge in [-0.1, -0.05) is 22.0 Å². The lowest BCUT2D eigenvalue weighted by Gasteiger charge is -2.17. The zero-order valence-electron chi connectivity index (χ0n) is 17.1. The van der Waals surface area contributed by atoms with Crippen LogP contribution in [-0.2, 0) is 6.42 Å². The minimum Gasteiger partial charge on any atom is -0.465 e. The van der Waals surface area contributed by atoms with Gasteiger partial charge in [0.15, 0.2) is 0 Å². The van der Waals surface area contributed by atoms with Crippen LogP contribution in [0.2, 0.25) is 0 Å². The number of nitrogens with zero attached hydrogens (tertiary/aromatic N) is 2. The third-order valence-electron chi connectivity index (χ3n) is 5.11. The molecule has 162 valence electrons. The lowest BCUT2D eigenvalue weighted by Crippen LogP contribution is -2.34. The molecule has 3 aromatic heterocycles. The summed E-state index contributed by atoms with van der Waals surface area (Å²) in [7, 11) is 1.98. The maximum atomic E-state index is 10.6. The molecular weight excluding hydrogens is 478 g/mol. The predicted octanol–water partition coefficient (Wildman–Crippen LogP) is 4.74. The fourth-order valence-electron chi connectivity index (χ4n) is 3.60. The molecule has 9 heteroatoms. The van der Waals surface area contributed by atoms with E-state index in [1.54, 1.807) is 11.3 Å². The highest BCUT2D eigenvalue weighted by Gasteiger charge is 2.13. The van der Waals surface area contributed by atoms with Gasteiger partial charge in [0, 0.05) is 59.1 Å². The largest absolute Gasteiger partial charge is 0.465 e. The molecule has 4 N–H and O–H groups in total. The number of H-pyrrole nitrogens is 1. The monoisotopic (exact) mass is 501 g/mol. The summed E-state index contributed by atoms with van der Waals surface area (Å²) in [6, 6.07) is 10.5. The second-order valence-corrected chi connectivity index (χ2v) is 9.17. The standard InChI is InChI=1S/C22H24BrN5O2S/c1-28(8-6-25-22(29)30)7-5-24-21-20-17-3-2-15(23)11-18(17)27-19(20)12-16(26-21)10-14-4-9-31-13-14/h2-4,9,11-13,25,27H,5-8,10H2,1H3,(H,24,26)(H,29,30). The first kappa shape index (κ1) is 21.6.